The van der Waals surface area contributed by atoms with Crippen LogP contribution in [0.5, 0.6) is 0 Å². The lowest BCUT2D eigenvalue weighted by molar-refractivity contribution is 0.0607. The number of likely N-dealkylation sites (N-methyl/N-ethyl adjacent to an activating group) is 1. The number of likely N-dealkylation sites (tertiary alicyclic amines) is 1. The van der Waals surface area contributed by atoms with E-state index in [1.165, 1.54) is 24.0 Å². The molecule has 0 spiro atoms. The predicted molar refractivity (Wildman–Crippen MR) is 101 cm³/mol. The first-order valence-electron chi connectivity index (χ1n) is 9.10. The largest absolute Gasteiger partial charge is 0.337 e. The summed E-state index contributed by atoms with van der Waals surface area (Å²) in [5.41, 5.74) is 3.26. The topological polar surface area (TPSA) is 26.8 Å². The quantitative estimate of drug-likeness (QED) is 0.802. The second-order valence-electron chi connectivity index (χ2n) is 7.48. The van der Waals surface area contributed by atoms with Gasteiger partial charge in [-0.15, -0.1) is 0 Å². The van der Waals surface area contributed by atoms with Crippen molar-refractivity contribution in [1.29, 1.82) is 0 Å². The van der Waals surface area contributed by atoms with Gasteiger partial charge < -0.3 is 14.7 Å². The molecule has 0 aromatic heterocycles. The van der Waals surface area contributed by atoms with Crippen LogP contribution in [-0.4, -0.2) is 74.0 Å². The first-order chi connectivity index (χ1) is 11.4. The lowest BCUT2D eigenvalue weighted by atomic mass is 10.0. The van der Waals surface area contributed by atoms with Crippen LogP contribution in [0.15, 0.2) is 18.2 Å². The van der Waals surface area contributed by atoms with Gasteiger partial charge in [-0.2, -0.15) is 0 Å². The maximum Gasteiger partial charge on any atom is 0.253 e. The fraction of sp³-hybridized carbons (Fsp3) is 0.650. The zero-order valence-electron chi connectivity index (χ0n) is 16.0. The van der Waals surface area contributed by atoms with Gasteiger partial charge in [-0.05, 0) is 90.6 Å². The highest BCUT2D eigenvalue weighted by atomic mass is 16.2. The molecule has 1 aromatic carbocycles. The fourth-order valence-electron chi connectivity index (χ4n) is 3.37. The van der Waals surface area contributed by atoms with E-state index < -0.39 is 0 Å². The summed E-state index contributed by atoms with van der Waals surface area (Å²) in [5, 5.41) is 0. The Morgan fingerprint density at radius 2 is 1.92 bits per heavy atom. The van der Waals surface area contributed by atoms with Crippen molar-refractivity contribution in [3.8, 4) is 0 Å². The number of rotatable bonds is 6. The number of hydrogen-bond acceptors (Lipinski definition) is 3. The number of benzene rings is 1. The van der Waals surface area contributed by atoms with E-state index in [4.69, 9.17) is 0 Å². The summed E-state index contributed by atoms with van der Waals surface area (Å²) in [5.74, 6) is 0.185. The molecule has 2 rings (SSSR count). The minimum Gasteiger partial charge on any atom is -0.337 e. The monoisotopic (exact) mass is 331 g/mol. The Morgan fingerprint density at radius 3 is 2.58 bits per heavy atom. The molecule has 4 heteroatoms. The van der Waals surface area contributed by atoms with E-state index in [1.807, 2.05) is 17.0 Å². The van der Waals surface area contributed by atoms with Crippen LogP contribution >= 0.6 is 0 Å². The molecule has 1 heterocycles. The van der Waals surface area contributed by atoms with E-state index in [0.717, 1.165) is 38.2 Å². The molecule has 1 aliphatic rings. The maximum atomic E-state index is 12.8. The minimum atomic E-state index is 0.185. The average molecular weight is 332 g/mol. The molecule has 0 radical (unpaired) electrons. The Labute approximate surface area is 147 Å². The first-order valence-corrected chi connectivity index (χ1v) is 9.10. The van der Waals surface area contributed by atoms with Crippen LogP contribution in [0.3, 0.4) is 0 Å². The lowest BCUT2D eigenvalue weighted by Crippen LogP contribution is -2.49. The number of aryl methyl sites for hydroxylation is 2. The Hall–Kier alpha value is -1.39. The summed E-state index contributed by atoms with van der Waals surface area (Å²) in [7, 11) is 6.43. The van der Waals surface area contributed by atoms with Gasteiger partial charge in [0.25, 0.3) is 5.91 Å². The summed E-state index contributed by atoms with van der Waals surface area (Å²) in [6.45, 7) is 8.10. The van der Waals surface area contributed by atoms with Gasteiger partial charge in [0, 0.05) is 24.7 Å². The second kappa shape index (κ2) is 8.63. The van der Waals surface area contributed by atoms with Crippen molar-refractivity contribution in [3.63, 3.8) is 0 Å². The molecule has 0 aliphatic carbocycles. The Balaban J connectivity index is 1.94. The van der Waals surface area contributed by atoms with Crippen LogP contribution in [-0.2, 0) is 0 Å². The number of nitrogens with zero attached hydrogens (tertiary/aromatic N) is 3. The van der Waals surface area contributed by atoms with Crippen molar-refractivity contribution in [2.45, 2.75) is 39.2 Å². The molecular weight excluding hydrogens is 298 g/mol. The van der Waals surface area contributed by atoms with E-state index in [2.05, 4.69) is 50.9 Å². The lowest BCUT2D eigenvalue weighted by Gasteiger charge is -2.38. The third kappa shape index (κ3) is 5.05. The molecule has 4 nitrogen and oxygen atoms in total. The molecule has 24 heavy (non-hydrogen) atoms. The summed E-state index contributed by atoms with van der Waals surface area (Å²) in [6.07, 6.45) is 3.46. The van der Waals surface area contributed by atoms with E-state index in [-0.39, 0.29) is 5.91 Å². The molecule has 0 saturated carbocycles. The van der Waals surface area contributed by atoms with E-state index >= 15 is 0 Å². The number of amides is 1. The molecule has 0 N–H and O–H groups in total. The van der Waals surface area contributed by atoms with Gasteiger partial charge in [0.15, 0.2) is 0 Å². The zero-order valence-corrected chi connectivity index (χ0v) is 16.0. The van der Waals surface area contributed by atoms with Gasteiger partial charge >= 0.3 is 0 Å². The smallest absolute Gasteiger partial charge is 0.253 e. The number of carbonyl (C=O) groups is 1. The van der Waals surface area contributed by atoms with Crippen LogP contribution in [0, 0.1) is 13.8 Å². The molecule has 134 valence electrons. The summed E-state index contributed by atoms with van der Waals surface area (Å²) >= 11 is 0. The van der Waals surface area contributed by atoms with Crippen molar-refractivity contribution < 1.29 is 4.79 Å². The van der Waals surface area contributed by atoms with Crippen molar-refractivity contribution in [3.05, 3.63) is 34.9 Å². The molecule has 1 saturated heterocycles. The molecule has 1 fully saturated rings. The highest BCUT2D eigenvalue weighted by molar-refractivity contribution is 5.94. The van der Waals surface area contributed by atoms with Crippen molar-refractivity contribution >= 4 is 5.91 Å². The normalized spacial score (nSPS) is 18.5. The number of carbonyl (C=O) groups excluding carboxylic acids is 1. The van der Waals surface area contributed by atoms with Gasteiger partial charge in [0.1, 0.15) is 0 Å². The Morgan fingerprint density at radius 1 is 1.17 bits per heavy atom. The van der Waals surface area contributed by atoms with Gasteiger partial charge in [0.05, 0.1) is 0 Å². The highest BCUT2D eigenvalue weighted by Crippen LogP contribution is 2.19. The minimum absolute atomic E-state index is 0.185. The third-order valence-electron chi connectivity index (χ3n) is 5.18. The molecular formula is C20H33N3O. The van der Waals surface area contributed by atoms with Crippen LogP contribution in [0.2, 0.25) is 0 Å². The second-order valence-corrected chi connectivity index (χ2v) is 7.48. The molecule has 0 unspecified atom stereocenters. The highest BCUT2D eigenvalue weighted by Gasteiger charge is 2.26. The molecule has 1 amide bonds. The summed E-state index contributed by atoms with van der Waals surface area (Å²) in [4.78, 5) is 19.5. The fourth-order valence-corrected chi connectivity index (χ4v) is 3.37. The predicted octanol–water partition coefficient (Wildman–Crippen LogP) is 2.79. The van der Waals surface area contributed by atoms with Gasteiger partial charge in [-0.25, -0.2) is 0 Å². The molecule has 1 aromatic rings. The van der Waals surface area contributed by atoms with Gasteiger partial charge in [-0.3, -0.25) is 4.79 Å². The zero-order chi connectivity index (χ0) is 17.7. The van der Waals surface area contributed by atoms with Crippen molar-refractivity contribution in [1.82, 2.24) is 14.7 Å². The standard InChI is InChI=1S/C20H33N3O/c1-16-9-10-18(14-17(16)2)20(24)23-13-6-8-19(15-23)22(5)12-7-11-21(3)4/h9-10,14,19H,6-8,11-13,15H2,1-5H3/t19-/m0/s1. The summed E-state index contributed by atoms with van der Waals surface area (Å²) < 4.78 is 0. The molecule has 0 bridgehead atoms. The van der Waals surface area contributed by atoms with Crippen molar-refractivity contribution in [2.75, 3.05) is 47.3 Å². The van der Waals surface area contributed by atoms with Crippen LogP contribution in [0.1, 0.15) is 40.7 Å². The molecule has 1 aliphatic heterocycles. The summed E-state index contributed by atoms with van der Waals surface area (Å²) in [6, 6.07) is 6.53. The van der Waals surface area contributed by atoms with E-state index in [1.54, 1.807) is 0 Å². The third-order valence-corrected chi connectivity index (χ3v) is 5.18. The first kappa shape index (κ1) is 18.9. The number of hydrogen-bond donors (Lipinski definition) is 0. The van der Waals surface area contributed by atoms with Crippen LogP contribution in [0.4, 0.5) is 0 Å². The molecule has 1 atom stereocenters. The van der Waals surface area contributed by atoms with E-state index in [9.17, 15) is 4.79 Å². The van der Waals surface area contributed by atoms with E-state index in [0.29, 0.717) is 6.04 Å². The van der Waals surface area contributed by atoms with Crippen molar-refractivity contribution in [2.24, 2.45) is 0 Å². The Bertz CT molecular complexity index is 556. The number of piperidine rings is 1. The SMILES string of the molecule is Cc1ccc(C(=O)N2CCC[C@H](N(C)CCCN(C)C)C2)cc1C. The average Bonchev–Trinajstić information content (AvgIpc) is 2.56. The van der Waals surface area contributed by atoms with Gasteiger partial charge in [0.2, 0.25) is 0 Å². The van der Waals surface area contributed by atoms with Gasteiger partial charge in [-0.1, -0.05) is 6.07 Å². The van der Waals surface area contributed by atoms with Crippen LogP contribution in [0.25, 0.3) is 0 Å². The van der Waals surface area contributed by atoms with Crippen LogP contribution < -0.4 is 0 Å². The maximum absolute atomic E-state index is 12.8. The Kier molecular flexibility index (Phi) is 6.81.